The fraction of sp³-hybridized carbons (Fsp3) is 0.571. The Balaban J connectivity index is 1.59. The van der Waals surface area contributed by atoms with E-state index in [-0.39, 0.29) is 23.9 Å². The quantitative estimate of drug-likeness (QED) is 0.687. The van der Waals surface area contributed by atoms with E-state index in [4.69, 9.17) is 14.2 Å². The largest absolute Gasteiger partial charge is 0.493 e. The van der Waals surface area contributed by atoms with Gasteiger partial charge in [-0.15, -0.1) is 0 Å². The van der Waals surface area contributed by atoms with Crippen LogP contribution in [0.3, 0.4) is 0 Å². The topological polar surface area (TPSA) is 44.8 Å². The number of hydrogen-bond donors (Lipinski definition) is 0. The molecule has 3 unspecified atom stereocenters. The van der Waals surface area contributed by atoms with Gasteiger partial charge in [-0.3, -0.25) is 4.79 Å². The van der Waals surface area contributed by atoms with Crippen LogP contribution in [0.5, 0.6) is 5.75 Å². The summed E-state index contributed by atoms with van der Waals surface area (Å²) in [4.78, 5) is 12.7. The fourth-order valence-electron chi connectivity index (χ4n) is 3.47. The Morgan fingerprint density at radius 2 is 1.96 bits per heavy atom. The van der Waals surface area contributed by atoms with Gasteiger partial charge in [-0.2, -0.15) is 0 Å². The number of aryl methyl sites for hydroxylation is 1. The zero-order valence-corrected chi connectivity index (χ0v) is 15.2. The molecule has 3 rings (SSSR count). The number of unbranched alkanes of at least 4 members (excludes halogenated alkanes) is 1. The average molecular weight is 344 g/mol. The normalized spacial score (nSPS) is 25.8. The molecule has 1 saturated carbocycles. The van der Waals surface area contributed by atoms with Crippen molar-refractivity contribution in [2.45, 2.75) is 64.6 Å². The van der Waals surface area contributed by atoms with Crippen LogP contribution in [0.25, 0.3) is 0 Å². The van der Waals surface area contributed by atoms with Crippen molar-refractivity contribution in [3.63, 3.8) is 0 Å². The van der Waals surface area contributed by atoms with Gasteiger partial charge in [0.1, 0.15) is 18.1 Å². The lowest BCUT2D eigenvalue weighted by Crippen LogP contribution is -2.42. The highest BCUT2D eigenvalue weighted by molar-refractivity contribution is 5.96. The van der Waals surface area contributed by atoms with Gasteiger partial charge in [0, 0.05) is 13.0 Å². The third kappa shape index (κ3) is 4.43. The van der Waals surface area contributed by atoms with Crippen LogP contribution in [0.15, 0.2) is 36.3 Å². The summed E-state index contributed by atoms with van der Waals surface area (Å²) in [5.41, 5.74) is 1.24. The number of ketones is 1. The lowest BCUT2D eigenvalue weighted by molar-refractivity contribution is -0.133. The number of Topliss-reactive ketones (excluding diaryl/α,β-unsaturated/α-hetero) is 1. The van der Waals surface area contributed by atoms with E-state index in [0.717, 1.165) is 45.1 Å². The number of benzene rings is 1. The number of carbonyl (C=O) groups excluding carboxylic acids is 1. The summed E-state index contributed by atoms with van der Waals surface area (Å²) in [6, 6.07) is 7.84. The van der Waals surface area contributed by atoms with Crippen molar-refractivity contribution >= 4 is 5.78 Å². The number of rotatable bonds is 7. The maximum absolute atomic E-state index is 12.7. The lowest BCUT2D eigenvalue weighted by Gasteiger charge is -2.37. The van der Waals surface area contributed by atoms with Gasteiger partial charge in [-0.1, -0.05) is 32.4 Å². The molecule has 1 fully saturated rings. The minimum absolute atomic E-state index is 0.0582. The van der Waals surface area contributed by atoms with E-state index in [2.05, 4.69) is 13.8 Å². The Hall–Kier alpha value is -1.81. The Bertz CT molecular complexity index is 605. The smallest absolute Gasteiger partial charge is 0.207 e. The summed E-state index contributed by atoms with van der Waals surface area (Å²) in [5.74, 6) is 0.940. The Labute approximate surface area is 150 Å². The van der Waals surface area contributed by atoms with Gasteiger partial charge in [0.05, 0.1) is 12.0 Å². The first-order valence-corrected chi connectivity index (χ1v) is 9.49. The van der Waals surface area contributed by atoms with Gasteiger partial charge in [0.25, 0.3) is 0 Å². The van der Waals surface area contributed by atoms with E-state index in [1.807, 2.05) is 24.3 Å². The molecule has 1 aromatic rings. The number of fused-ring (bicyclic) bond motifs is 1. The monoisotopic (exact) mass is 344 g/mol. The molecule has 0 spiro atoms. The predicted octanol–water partition coefficient (Wildman–Crippen LogP) is 4.42. The molecule has 3 atom stereocenters. The third-order valence-electron chi connectivity index (χ3n) is 5.08. The summed E-state index contributed by atoms with van der Waals surface area (Å²) in [7, 11) is 0. The van der Waals surface area contributed by atoms with Crippen LogP contribution in [0, 0.1) is 5.92 Å². The lowest BCUT2D eigenvalue weighted by atomic mass is 9.80. The second kappa shape index (κ2) is 8.52. The van der Waals surface area contributed by atoms with Crippen LogP contribution >= 0.6 is 0 Å². The molecule has 25 heavy (non-hydrogen) atoms. The number of allylic oxidation sites excluding steroid dienone is 1. The maximum atomic E-state index is 12.7. The average Bonchev–Trinajstić information content (AvgIpc) is 2.65. The molecule has 4 heteroatoms. The van der Waals surface area contributed by atoms with Crippen molar-refractivity contribution in [3.05, 3.63) is 41.9 Å². The third-order valence-corrected chi connectivity index (χ3v) is 5.08. The first-order valence-electron chi connectivity index (χ1n) is 9.49. The molecule has 1 heterocycles. The number of hydrogen-bond acceptors (Lipinski definition) is 4. The second-order valence-corrected chi connectivity index (χ2v) is 6.89. The summed E-state index contributed by atoms with van der Waals surface area (Å²) in [5, 5.41) is 0. The van der Waals surface area contributed by atoms with Gasteiger partial charge >= 0.3 is 0 Å². The standard InChI is InChI=1S/C21H28O4/c1-3-5-12-23-17-10-11-18-19(13-17)24-14-20(21(18)22)25-16-8-6-15(4-2)7-9-16/h6-9,14,17-19H,3-5,10-13H2,1-2H3. The molecule has 1 aliphatic heterocycles. The molecular formula is C21H28O4. The van der Waals surface area contributed by atoms with E-state index in [1.54, 1.807) is 0 Å². The van der Waals surface area contributed by atoms with Crippen LogP contribution in [0.2, 0.25) is 0 Å². The molecule has 136 valence electrons. The highest BCUT2D eigenvalue weighted by Crippen LogP contribution is 2.35. The van der Waals surface area contributed by atoms with Crippen molar-refractivity contribution < 1.29 is 19.0 Å². The molecule has 4 nitrogen and oxygen atoms in total. The predicted molar refractivity (Wildman–Crippen MR) is 96.4 cm³/mol. The number of ether oxygens (including phenoxy) is 3. The Morgan fingerprint density at radius 3 is 2.68 bits per heavy atom. The molecule has 0 saturated heterocycles. The van der Waals surface area contributed by atoms with Crippen molar-refractivity contribution in [1.82, 2.24) is 0 Å². The van der Waals surface area contributed by atoms with Gasteiger partial charge in [-0.05, 0) is 43.4 Å². The van der Waals surface area contributed by atoms with Gasteiger partial charge in [0.2, 0.25) is 11.5 Å². The van der Waals surface area contributed by atoms with Crippen LogP contribution in [0.1, 0.15) is 51.5 Å². The van der Waals surface area contributed by atoms with Gasteiger partial charge < -0.3 is 14.2 Å². The van der Waals surface area contributed by atoms with Crippen LogP contribution in [-0.4, -0.2) is 24.6 Å². The highest BCUT2D eigenvalue weighted by atomic mass is 16.5. The SMILES string of the molecule is CCCCOC1CCC2C(=O)C(Oc3ccc(CC)cc3)=COC2C1. The van der Waals surface area contributed by atoms with E-state index < -0.39 is 0 Å². The van der Waals surface area contributed by atoms with Gasteiger partial charge in [-0.25, -0.2) is 0 Å². The molecule has 0 amide bonds. The van der Waals surface area contributed by atoms with E-state index >= 15 is 0 Å². The molecular weight excluding hydrogens is 316 g/mol. The summed E-state index contributed by atoms with van der Waals surface area (Å²) >= 11 is 0. The van der Waals surface area contributed by atoms with Gasteiger partial charge in [0.15, 0.2) is 0 Å². The van der Waals surface area contributed by atoms with E-state index in [9.17, 15) is 4.79 Å². The van der Waals surface area contributed by atoms with Crippen molar-refractivity contribution in [3.8, 4) is 5.75 Å². The number of carbonyl (C=O) groups is 1. The zero-order chi connectivity index (χ0) is 17.6. The summed E-state index contributed by atoms with van der Waals surface area (Å²) in [6.45, 7) is 5.06. The highest BCUT2D eigenvalue weighted by Gasteiger charge is 2.41. The van der Waals surface area contributed by atoms with Crippen molar-refractivity contribution in [2.24, 2.45) is 5.92 Å². The fourth-order valence-corrected chi connectivity index (χ4v) is 3.47. The minimum Gasteiger partial charge on any atom is -0.493 e. The van der Waals surface area contributed by atoms with E-state index in [1.165, 1.54) is 11.8 Å². The summed E-state index contributed by atoms with van der Waals surface area (Å²) < 4.78 is 17.5. The molecule has 0 radical (unpaired) electrons. The van der Waals surface area contributed by atoms with Crippen LogP contribution in [-0.2, 0) is 20.7 Å². The molecule has 1 aromatic carbocycles. The molecule has 2 aliphatic rings. The Kier molecular flexibility index (Phi) is 6.14. The zero-order valence-electron chi connectivity index (χ0n) is 15.2. The second-order valence-electron chi connectivity index (χ2n) is 6.89. The first kappa shape index (κ1) is 18.0. The van der Waals surface area contributed by atoms with Crippen molar-refractivity contribution in [2.75, 3.05) is 6.61 Å². The van der Waals surface area contributed by atoms with Crippen LogP contribution < -0.4 is 4.74 Å². The minimum atomic E-state index is -0.110. The molecule has 0 aromatic heterocycles. The summed E-state index contributed by atoms with van der Waals surface area (Å²) in [6.07, 6.45) is 7.32. The molecule has 1 aliphatic carbocycles. The molecule has 0 bridgehead atoms. The molecule has 0 N–H and O–H groups in total. The van der Waals surface area contributed by atoms with E-state index in [0.29, 0.717) is 11.5 Å². The Morgan fingerprint density at radius 1 is 1.16 bits per heavy atom. The first-order chi connectivity index (χ1) is 12.2. The van der Waals surface area contributed by atoms with Crippen molar-refractivity contribution in [1.29, 1.82) is 0 Å². The van der Waals surface area contributed by atoms with Crippen LogP contribution in [0.4, 0.5) is 0 Å². The maximum Gasteiger partial charge on any atom is 0.207 e.